The third-order valence-electron chi connectivity index (χ3n) is 6.67. The van der Waals surface area contributed by atoms with Crippen LogP contribution in [0.2, 0.25) is 18.1 Å². The van der Waals surface area contributed by atoms with Gasteiger partial charge in [-0.1, -0.05) is 78.8 Å². The van der Waals surface area contributed by atoms with Crippen molar-refractivity contribution in [2.24, 2.45) is 17.3 Å². The van der Waals surface area contributed by atoms with Gasteiger partial charge in [0.05, 0.1) is 6.10 Å². The first kappa shape index (κ1) is 26.4. The minimum Gasteiger partial charge on any atom is -0.417 e. The Balaban J connectivity index is 2.46. The molecule has 2 atom stereocenters. The molecular weight excluding hydrogens is 374 g/mol. The SMILES string of the molecule is CC(C)[C@@H](Cc1ccccc1)[C@H](O)CNCC(C)(C)CCO[Si](C)(C)C(C)(C)C. The lowest BCUT2D eigenvalue weighted by Gasteiger charge is -2.37. The second-order valence-electron chi connectivity index (χ2n) is 11.3. The monoisotopic (exact) mass is 421 g/mol. The van der Waals surface area contributed by atoms with E-state index >= 15 is 0 Å². The van der Waals surface area contributed by atoms with Crippen LogP contribution >= 0.6 is 0 Å². The summed E-state index contributed by atoms with van der Waals surface area (Å²) in [7, 11) is -1.68. The largest absolute Gasteiger partial charge is 0.417 e. The predicted octanol–water partition coefficient (Wildman–Crippen LogP) is 5.89. The number of aliphatic hydroxyl groups excluding tert-OH is 1. The molecule has 0 aromatic heterocycles. The molecule has 3 nitrogen and oxygen atoms in total. The number of benzene rings is 1. The molecule has 2 N–H and O–H groups in total. The maximum absolute atomic E-state index is 10.8. The smallest absolute Gasteiger partial charge is 0.191 e. The zero-order chi connectivity index (χ0) is 22.3. The molecule has 1 rings (SSSR count). The van der Waals surface area contributed by atoms with Crippen molar-refractivity contribution in [1.29, 1.82) is 0 Å². The van der Waals surface area contributed by atoms with Crippen molar-refractivity contribution in [3.63, 3.8) is 0 Å². The van der Waals surface area contributed by atoms with E-state index < -0.39 is 8.32 Å². The fraction of sp³-hybridized carbons (Fsp3) is 0.760. The molecule has 0 amide bonds. The van der Waals surface area contributed by atoms with Crippen LogP contribution in [0.4, 0.5) is 0 Å². The zero-order valence-electron chi connectivity index (χ0n) is 20.5. The van der Waals surface area contributed by atoms with Gasteiger partial charge in [0, 0.05) is 19.7 Å². The maximum Gasteiger partial charge on any atom is 0.191 e. The lowest BCUT2D eigenvalue weighted by atomic mass is 9.84. The average Bonchev–Trinajstić information content (AvgIpc) is 2.58. The van der Waals surface area contributed by atoms with E-state index in [1.54, 1.807) is 0 Å². The van der Waals surface area contributed by atoms with Gasteiger partial charge in [-0.15, -0.1) is 0 Å². The van der Waals surface area contributed by atoms with E-state index in [4.69, 9.17) is 4.43 Å². The van der Waals surface area contributed by atoms with Crippen LogP contribution in [0.5, 0.6) is 0 Å². The van der Waals surface area contributed by atoms with E-state index in [-0.39, 0.29) is 22.5 Å². The van der Waals surface area contributed by atoms with E-state index in [0.29, 0.717) is 12.5 Å². The molecule has 0 aliphatic carbocycles. The highest BCUT2D eigenvalue weighted by Crippen LogP contribution is 2.37. The van der Waals surface area contributed by atoms with Crippen molar-refractivity contribution in [3.8, 4) is 0 Å². The van der Waals surface area contributed by atoms with Crippen LogP contribution < -0.4 is 5.32 Å². The van der Waals surface area contributed by atoms with Gasteiger partial charge in [0.15, 0.2) is 8.32 Å². The maximum atomic E-state index is 10.8. The molecule has 0 aliphatic heterocycles. The predicted molar refractivity (Wildman–Crippen MR) is 129 cm³/mol. The van der Waals surface area contributed by atoms with Gasteiger partial charge >= 0.3 is 0 Å². The highest BCUT2D eigenvalue weighted by atomic mass is 28.4. The van der Waals surface area contributed by atoms with Gasteiger partial charge < -0.3 is 14.8 Å². The standard InChI is InChI=1S/C25H47NO2Si/c1-20(2)22(17-21-13-11-10-12-14-21)23(27)18-26-19-25(6,7)15-16-28-29(8,9)24(3,4)5/h10-14,20,22-23,26-27H,15-19H2,1-9H3/t22-,23-/m1/s1. The summed E-state index contributed by atoms with van der Waals surface area (Å²) in [6.07, 6.45) is 1.61. The minimum atomic E-state index is -1.68. The van der Waals surface area contributed by atoms with Crippen molar-refractivity contribution < 1.29 is 9.53 Å². The van der Waals surface area contributed by atoms with Crippen molar-refractivity contribution in [2.75, 3.05) is 19.7 Å². The number of aliphatic hydroxyl groups is 1. The van der Waals surface area contributed by atoms with Crippen LogP contribution in [0.1, 0.15) is 60.5 Å². The molecule has 4 heteroatoms. The lowest BCUT2D eigenvalue weighted by molar-refractivity contribution is 0.0773. The number of hydrogen-bond donors (Lipinski definition) is 2. The molecular formula is C25H47NO2Si. The Labute approximate surface area is 181 Å². The molecule has 168 valence electrons. The topological polar surface area (TPSA) is 41.5 Å². The molecule has 0 heterocycles. The van der Waals surface area contributed by atoms with Gasteiger partial charge in [-0.25, -0.2) is 0 Å². The van der Waals surface area contributed by atoms with Crippen molar-refractivity contribution in [3.05, 3.63) is 35.9 Å². The molecule has 1 aromatic rings. The van der Waals surface area contributed by atoms with Crippen molar-refractivity contribution in [2.45, 2.75) is 85.5 Å². The van der Waals surface area contributed by atoms with E-state index in [1.165, 1.54) is 5.56 Å². The number of rotatable bonds is 12. The van der Waals surface area contributed by atoms with Crippen LogP contribution in [0.15, 0.2) is 30.3 Å². The summed E-state index contributed by atoms with van der Waals surface area (Å²) in [5.74, 6) is 0.702. The average molecular weight is 422 g/mol. The van der Waals surface area contributed by atoms with Gasteiger partial charge in [0.25, 0.3) is 0 Å². The molecule has 0 saturated carbocycles. The molecule has 0 radical (unpaired) electrons. The first-order chi connectivity index (χ1) is 13.3. The van der Waals surface area contributed by atoms with Gasteiger partial charge in [0.1, 0.15) is 0 Å². The quantitative estimate of drug-likeness (QED) is 0.413. The zero-order valence-corrected chi connectivity index (χ0v) is 21.5. The summed E-state index contributed by atoms with van der Waals surface area (Å²) in [6.45, 7) is 22.8. The van der Waals surface area contributed by atoms with E-state index in [0.717, 1.165) is 26.0 Å². The normalized spacial score (nSPS) is 15.6. The highest BCUT2D eigenvalue weighted by molar-refractivity contribution is 6.74. The van der Waals surface area contributed by atoms with E-state index in [1.807, 2.05) is 6.07 Å². The number of hydrogen-bond acceptors (Lipinski definition) is 3. The van der Waals surface area contributed by atoms with Crippen LogP contribution in [0.25, 0.3) is 0 Å². The second-order valence-corrected chi connectivity index (χ2v) is 16.1. The highest BCUT2D eigenvalue weighted by Gasteiger charge is 2.37. The fourth-order valence-corrected chi connectivity index (χ4v) is 4.34. The first-order valence-corrected chi connectivity index (χ1v) is 14.2. The Kier molecular flexibility index (Phi) is 10.1. The summed E-state index contributed by atoms with van der Waals surface area (Å²) in [5.41, 5.74) is 1.45. The Morgan fingerprint density at radius 3 is 2.14 bits per heavy atom. The molecule has 0 spiro atoms. The van der Waals surface area contributed by atoms with Crippen LogP contribution in [-0.4, -0.2) is 39.2 Å². The van der Waals surface area contributed by atoms with Gasteiger partial charge in [-0.3, -0.25) is 0 Å². The fourth-order valence-electron chi connectivity index (χ4n) is 3.30. The third-order valence-corrected chi connectivity index (χ3v) is 11.2. The Bertz CT molecular complexity index is 578. The van der Waals surface area contributed by atoms with Crippen LogP contribution in [0.3, 0.4) is 0 Å². The molecule has 29 heavy (non-hydrogen) atoms. The minimum absolute atomic E-state index is 0.148. The van der Waals surface area contributed by atoms with Crippen molar-refractivity contribution >= 4 is 8.32 Å². The summed E-state index contributed by atoms with van der Waals surface area (Å²) in [5, 5.41) is 14.6. The summed E-state index contributed by atoms with van der Waals surface area (Å²) >= 11 is 0. The van der Waals surface area contributed by atoms with Crippen molar-refractivity contribution in [1.82, 2.24) is 5.32 Å². The molecule has 0 aliphatic rings. The van der Waals surface area contributed by atoms with Crippen LogP contribution in [0, 0.1) is 17.3 Å². The molecule has 0 unspecified atom stereocenters. The Hall–Kier alpha value is -0.683. The van der Waals surface area contributed by atoms with E-state index in [2.05, 4.69) is 91.1 Å². The van der Waals surface area contributed by atoms with Crippen LogP contribution in [-0.2, 0) is 10.8 Å². The van der Waals surface area contributed by atoms with Gasteiger partial charge in [-0.05, 0) is 53.8 Å². The Morgan fingerprint density at radius 2 is 1.62 bits per heavy atom. The lowest BCUT2D eigenvalue weighted by Crippen LogP contribution is -2.43. The first-order valence-electron chi connectivity index (χ1n) is 11.3. The summed E-state index contributed by atoms with van der Waals surface area (Å²) < 4.78 is 6.36. The summed E-state index contributed by atoms with van der Waals surface area (Å²) in [6, 6.07) is 10.5. The third kappa shape index (κ3) is 9.33. The second kappa shape index (κ2) is 11.1. The summed E-state index contributed by atoms with van der Waals surface area (Å²) in [4.78, 5) is 0. The number of nitrogens with one attached hydrogen (secondary N) is 1. The molecule has 1 aromatic carbocycles. The molecule has 0 fully saturated rings. The van der Waals surface area contributed by atoms with Gasteiger partial charge in [-0.2, -0.15) is 0 Å². The Morgan fingerprint density at radius 1 is 1.03 bits per heavy atom. The van der Waals surface area contributed by atoms with Gasteiger partial charge in [0.2, 0.25) is 0 Å². The van der Waals surface area contributed by atoms with E-state index in [9.17, 15) is 5.11 Å². The molecule has 0 bridgehead atoms. The molecule has 0 saturated heterocycles.